The number of methoxy groups -OCH3 is 1. The molecular formula is C22H28N6O2. The number of anilines is 3. The molecule has 2 fully saturated rings. The standard InChI is InChI=1S/C22H28N6O2/c1-13-10-16(26-18-15(13)11-25-22(18)8-4-3-5-9-22)27-19-17(30-2)20(24-12-23-19)28-21(29)14-6-7-14/h10,12,14,25H,3-9,11H2,1-2H3,(H2,23,24,26,27,28,29). The summed E-state index contributed by atoms with van der Waals surface area (Å²) in [4.78, 5) is 25.8. The normalized spacial score (nSPS) is 19.4. The van der Waals surface area contributed by atoms with Gasteiger partial charge in [-0.15, -0.1) is 0 Å². The third-order valence-electron chi connectivity index (χ3n) is 6.56. The molecule has 0 radical (unpaired) electrons. The molecule has 8 nitrogen and oxygen atoms in total. The highest BCUT2D eigenvalue weighted by Gasteiger charge is 2.41. The zero-order valence-electron chi connectivity index (χ0n) is 17.5. The summed E-state index contributed by atoms with van der Waals surface area (Å²) >= 11 is 0. The highest BCUT2D eigenvalue weighted by Crippen LogP contribution is 2.43. The molecule has 1 aliphatic heterocycles. The van der Waals surface area contributed by atoms with Gasteiger partial charge in [0.15, 0.2) is 11.6 Å². The van der Waals surface area contributed by atoms with Crippen LogP contribution in [0.3, 0.4) is 0 Å². The molecule has 158 valence electrons. The number of hydrogen-bond acceptors (Lipinski definition) is 7. The summed E-state index contributed by atoms with van der Waals surface area (Å²) in [6, 6.07) is 2.05. The zero-order valence-corrected chi connectivity index (χ0v) is 17.5. The Bertz CT molecular complexity index is 982. The number of carbonyl (C=O) groups excluding carboxylic acids is 1. The molecule has 0 unspecified atom stereocenters. The molecule has 1 amide bonds. The minimum atomic E-state index is -0.0187. The topological polar surface area (TPSA) is 101 Å². The first-order valence-corrected chi connectivity index (χ1v) is 10.8. The van der Waals surface area contributed by atoms with Crippen molar-refractivity contribution in [1.82, 2.24) is 20.3 Å². The van der Waals surface area contributed by atoms with Crippen LogP contribution in [0.4, 0.5) is 17.5 Å². The van der Waals surface area contributed by atoms with Crippen molar-refractivity contribution in [3.05, 3.63) is 29.2 Å². The number of nitrogens with zero attached hydrogens (tertiary/aromatic N) is 3. The lowest BCUT2D eigenvalue weighted by atomic mass is 9.79. The largest absolute Gasteiger partial charge is 0.490 e. The smallest absolute Gasteiger partial charge is 0.228 e. The molecule has 5 rings (SSSR count). The van der Waals surface area contributed by atoms with E-state index in [9.17, 15) is 4.79 Å². The van der Waals surface area contributed by atoms with Crippen LogP contribution in [0, 0.1) is 12.8 Å². The Morgan fingerprint density at radius 1 is 1.20 bits per heavy atom. The number of aryl methyl sites for hydroxylation is 1. The number of rotatable bonds is 5. The van der Waals surface area contributed by atoms with Gasteiger partial charge in [-0.2, -0.15) is 0 Å². The van der Waals surface area contributed by atoms with E-state index in [0.29, 0.717) is 17.4 Å². The molecule has 2 aromatic rings. The van der Waals surface area contributed by atoms with E-state index in [1.807, 2.05) is 6.07 Å². The number of fused-ring (bicyclic) bond motifs is 2. The molecular weight excluding hydrogens is 380 g/mol. The fourth-order valence-corrected chi connectivity index (χ4v) is 4.72. The minimum absolute atomic E-state index is 0.00477. The lowest BCUT2D eigenvalue weighted by Gasteiger charge is -2.34. The van der Waals surface area contributed by atoms with Gasteiger partial charge in [0.1, 0.15) is 12.1 Å². The maximum Gasteiger partial charge on any atom is 0.228 e. The van der Waals surface area contributed by atoms with Crippen molar-refractivity contribution in [2.24, 2.45) is 5.92 Å². The SMILES string of the molecule is COc1c(NC(=O)C2CC2)ncnc1Nc1cc(C)c2c(n1)C1(CCCCC1)NC2. The predicted molar refractivity (Wildman–Crippen MR) is 114 cm³/mol. The van der Waals surface area contributed by atoms with Crippen molar-refractivity contribution in [3.63, 3.8) is 0 Å². The van der Waals surface area contributed by atoms with Crippen LogP contribution in [-0.2, 0) is 16.9 Å². The third kappa shape index (κ3) is 3.39. The van der Waals surface area contributed by atoms with Crippen molar-refractivity contribution < 1.29 is 9.53 Å². The van der Waals surface area contributed by atoms with E-state index in [-0.39, 0.29) is 17.4 Å². The first-order chi connectivity index (χ1) is 14.6. The summed E-state index contributed by atoms with van der Waals surface area (Å²) in [6.07, 6.45) is 9.30. The predicted octanol–water partition coefficient (Wildman–Crippen LogP) is 3.54. The van der Waals surface area contributed by atoms with Crippen molar-refractivity contribution >= 4 is 23.4 Å². The van der Waals surface area contributed by atoms with Gasteiger partial charge in [0, 0.05) is 12.5 Å². The zero-order chi connectivity index (χ0) is 20.7. The van der Waals surface area contributed by atoms with Crippen molar-refractivity contribution in [1.29, 1.82) is 0 Å². The first kappa shape index (κ1) is 19.2. The van der Waals surface area contributed by atoms with Crippen molar-refractivity contribution in [2.75, 3.05) is 17.7 Å². The number of hydrogen-bond donors (Lipinski definition) is 3. The van der Waals surface area contributed by atoms with Crippen LogP contribution in [0.2, 0.25) is 0 Å². The molecule has 2 saturated carbocycles. The number of ether oxygens (including phenoxy) is 1. The lowest BCUT2D eigenvalue weighted by molar-refractivity contribution is -0.117. The van der Waals surface area contributed by atoms with E-state index in [0.717, 1.165) is 38.0 Å². The van der Waals surface area contributed by atoms with Gasteiger partial charge in [0.05, 0.1) is 18.3 Å². The van der Waals surface area contributed by atoms with Crippen LogP contribution in [-0.4, -0.2) is 28.0 Å². The van der Waals surface area contributed by atoms with E-state index < -0.39 is 0 Å². The van der Waals surface area contributed by atoms with Gasteiger partial charge in [-0.25, -0.2) is 15.0 Å². The summed E-state index contributed by atoms with van der Waals surface area (Å²) in [5.41, 5.74) is 3.69. The minimum Gasteiger partial charge on any atom is -0.490 e. The second-order valence-corrected chi connectivity index (χ2v) is 8.64. The monoisotopic (exact) mass is 408 g/mol. The molecule has 30 heavy (non-hydrogen) atoms. The number of aromatic nitrogens is 3. The maximum atomic E-state index is 12.2. The Labute approximate surface area is 176 Å². The Morgan fingerprint density at radius 3 is 2.70 bits per heavy atom. The van der Waals surface area contributed by atoms with Crippen molar-refractivity contribution in [2.45, 2.75) is 64.0 Å². The van der Waals surface area contributed by atoms with Crippen LogP contribution >= 0.6 is 0 Å². The van der Waals surface area contributed by atoms with E-state index in [1.165, 1.54) is 42.4 Å². The summed E-state index contributed by atoms with van der Waals surface area (Å²) in [5.74, 6) is 2.09. The van der Waals surface area contributed by atoms with Gasteiger partial charge in [0.25, 0.3) is 0 Å². The van der Waals surface area contributed by atoms with E-state index >= 15 is 0 Å². The quantitative estimate of drug-likeness (QED) is 0.695. The van der Waals surface area contributed by atoms with E-state index in [4.69, 9.17) is 9.72 Å². The molecule has 0 saturated heterocycles. The van der Waals surface area contributed by atoms with Gasteiger partial charge in [-0.1, -0.05) is 19.3 Å². The van der Waals surface area contributed by atoms with E-state index in [2.05, 4.69) is 32.8 Å². The average molecular weight is 409 g/mol. The molecule has 8 heteroatoms. The van der Waals surface area contributed by atoms with Crippen LogP contribution in [0.15, 0.2) is 12.4 Å². The van der Waals surface area contributed by atoms with Gasteiger partial charge in [-0.05, 0) is 49.8 Å². The average Bonchev–Trinajstić information content (AvgIpc) is 3.54. The lowest BCUT2D eigenvalue weighted by Crippen LogP contribution is -2.39. The molecule has 2 aromatic heterocycles. The molecule has 3 aliphatic rings. The van der Waals surface area contributed by atoms with Crippen LogP contribution in [0.1, 0.15) is 61.8 Å². The molecule has 0 bridgehead atoms. The summed E-state index contributed by atoms with van der Waals surface area (Å²) < 4.78 is 5.54. The fourth-order valence-electron chi connectivity index (χ4n) is 4.72. The van der Waals surface area contributed by atoms with Gasteiger partial charge >= 0.3 is 0 Å². The molecule has 0 atom stereocenters. The Morgan fingerprint density at radius 2 is 1.97 bits per heavy atom. The third-order valence-corrected chi connectivity index (χ3v) is 6.56. The summed E-state index contributed by atoms with van der Waals surface area (Å²) in [5, 5.41) is 9.92. The highest BCUT2D eigenvalue weighted by atomic mass is 16.5. The summed E-state index contributed by atoms with van der Waals surface area (Å²) in [6.45, 7) is 3.01. The first-order valence-electron chi connectivity index (χ1n) is 10.8. The van der Waals surface area contributed by atoms with Gasteiger partial charge < -0.3 is 20.7 Å². The van der Waals surface area contributed by atoms with Crippen LogP contribution in [0.5, 0.6) is 5.75 Å². The highest BCUT2D eigenvalue weighted by molar-refractivity contribution is 5.95. The Balaban J connectivity index is 1.46. The number of amides is 1. The Kier molecular flexibility index (Phi) is 4.81. The van der Waals surface area contributed by atoms with Crippen LogP contribution < -0.4 is 20.7 Å². The van der Waals surface area contributed by atoms with Gasteiger partial charge in [0.2, 0.25) is 11.7 Å². The Hall–Kier alpha value is -2.74. The van der Waals surface area contributed by atoms with Crippen LogP contribution in [0.25, 0.3) is 0 Å². The molecule has 3 heterocycles. The van der Waals surface area contributed by atoms with Gasteiger partial charge in [-0.3, -0.25) is 4.79 Å². The second kappa shape index (κ2) is 7.50. The van der Waals surface area contributed by atoms with Crippen molar-refractivity contribution in [3.8, 4) is 5.75 Å². The number of carbonyl (C=O) groups is 1. The number of nitrogens with one attached hydrogen (secondary N) is 3. The summed E-state index contributed by atoms with van der Waals surface area (Å²) in [7, 11) is 1.55. The molecule has 0 aromatic carbocycles. The van der Waals surface area contributed by atoms with E-state index in [1.54, 1.807) is 7.11 Å². The molecule has 3 N–H and O–H groups in total. The maximum absolute atomic E-state index is 12.2. The molecule has 2 aliphatic carbocycles. The molecule has 1 spiro atoms. The number of pyridine rings is 1. The second-order valence-electron chi connectivity index (χ2n) is 8.64. The fraction of sp³-hybridized carbons (Fsp3) is 0.545.